The summed E-state index contributed by atoms with van der Waals surface area (Å²) >= 11 is 1.38. The fourth-order valence-electron chi connectivity index (χ4n) is 0.859. The van der Waals surface area contributed by atoms with E-state index in [0.717, 1.165) is 0 Å². The second-order valence-corrected chi connectivity index (χ2v) is 3.60. The van der Waals surface area contributed by atoms with Gasteiger partial charge in [0.2, 0.25) is 5.88 Å². The van der Waals surface area contributed by atoms with Crippen LogP contribution in [-0.4, -0.2) is 11.3 Å². The van der Waals surface area contributed by atoms with Gasteiger partial charge >= 0.3 is 6.36 Å². The standard InChI is InChI=1S/C7H2F6INO/c8-2-1-3(14)15-6(4(2)5(9)10)16-7(11,12)13/h1,5H. The van der Waals surface area contributed by atoms with Crippen molar-refractivity contribution in [2.24, 2.45) is 0 Å². The average molecular weight is 357 g/mol. The molecule has 0 aromatic carbocycles. The Hall–Kier alpha value is -0.740. The normalized spacial score (nSPS) is 12.0. The number of aromatic nitrogens is 1. The van der Waals surface area contributed by atoms with Gasteiger partial charge < -0.3 is 4.74 Å². The van der Waals surface area contributed by atoms with Gasteiger partial charge in [-0.05, 0) is 22.6 Å². The van der Waals surface area contributed by atoms with E-state index in [1.165, 1.54) is 22.6 Å². The molecular formula is C7H2F6INO. The van der Waals surface area contributed by atoms with Crippen molar-refractivity contribution in [1.29, 1.82) is 0 Å². The van der Waals surface area contributed by atoms with Gasteiger partial charge in [-0.2, -0.15) is 0 Å². The lowest BCUT2D eigenvalue weighted by atomic mass is 10.2. The molecule has 0 radical (unpaired) electrons. The van der Waals surface area contributed by atoms with Gasteiger partial charge in [-0.25, -0.2) is 18.2 Å². The van der Waals surface area contributed by atoms with Crippen LogP contribution in [0.2, 0.25) is 0 Å². The van der Waals surface area contributed by atoms with Gasteiger partial charge in [0.15, 0.2) is 0 Å². The molecule has 0 bridgehead atoms. The summed E-state index contributed by atoms with van der Waals surface area (Å²) in [5.41, 5.74) is -1.50. The number of hydrogen-bond donors (Lipinski definition) is 0. The lowest BCUT2D eigenvalue weighted by Crippen LogP contribution is -2.20. The van der Waals surface area contributed by atoms with Gasteiger partial charge in [-0.1, -0.05) is 0 Å². The summed E-state index contributed by atoms with van der Waals surface area (Å²) in [6, 6.07) is 0.589. The summed E-state index contributed by atoms with van der Waals surface area (Å²) in [5, 5.41) is 0. The van der Waals surface area contributed by atoms with Crippen LogP contribution in [0.1, 0.15) is 12.0 Å². The van der Waals surface area contributed by atoms with Crippen molar-refractivity contribution in [3.63, 3.8) is 0 Å². The molecule has 1 aromatic rings. The van der Waals surface area contributed by atoms with Gasteiger partial charge in [-0.15, -0.1) is 13.2 Å². The Morgan fingerprint density at radius 2 is 1.88 bits per heavy atom. The van der Waals surface area contributed by atoms with E-state index in [-0.39, 0.29) is 3.70 Å². The van der Waals surface area contributed by atoms with Crippen LogP contribution in [0.15, 0.2) is 6.07 Å². The molecule has 2 nitrogen and oxygen atoms in total. The number of hydrogen-bond acceptors (Lipinski definition) is 2. The predicted octanol–water partition coefficient (Wildman–Crippen LogP) is 3.66. The topological polar surface area (TPSA) is 22.1 Å². The highest BCUT2D eigenvalue weighted by atomic mass is 127. The van der Waals surface area contributed by atoms with Crippen LogP contribution in [0.3, 0.4) is 0 Å². The Morgan fingerprint density at radius 1 is 1.31 bits per heavy atom. The Balaban J connectivity index is 3.24. The molecule has 0 amide bonds. The van der Waals surface area contributed by atoms with E-state index in [0.29, 0.717) is 6.07 Å². The molecule has 1 rings (SSSR count). The van der Waals surface area contributed by atoms with Crippen LogP contribution >= 0.6 is 22.6 Å². The molecule has 0 fully saturated rings. The fourth-order valence-corrected chi connectivity index (χ4v) is 1.35. The van der Waals surface area contributed by atoms with Crippen LogP contribution < -0.4 is 4.74 Å². The minimum Gasteiger partial charge on any atom is -0.387 e. The third-order valence-electron chi connectivity index (χ3n) is 1.37. The van der Waals surface area contributed by atoms with Crippen LogP contribution in [0.5, 0.6) is 5.88 Å². The van der Waals surface area contributed by atoms with Gasteiger partial charge in [0.1, 0.15) is 15.1 Å². The molecular weight excluding hydrogens is 355 g/mol. The SMILES string of the molecule is Fc1cc(I)nc(OC(F)(F)F)c1C(F)F. The number of alkyl halides is 5. The number of pyridine rings is 1. The molecule has 9 heteroatoms. The minimum atomic E-state index is -5.20. The second kappa shape index (κ2) is 4.63. The maximum Gasteiger partial charge on any atom is 0.574 e. The lowest BCUT2D eigenvalue weighted by Gasteiger charge is -2.12. The summed E-state index contributed by atoms with van der Waals surface area (Å²) in [5.74, 6) is -2.96. The monoisotopic (exact) mass is 357 g/mol. The average Bonchev–Trinajstić information content (AvgIpc) is 1.96. The molecule has 0 saturated heterocycles. The third-order valence-corrected chi connectivity index (χ3v) is 1.93. The summed E-state index contributed by atoms with van der Waals surface area (Å²) in [6.07, 6.45) is -8.64. The van der Waals surface area contributed by atoms with Gasteiger partial charge in [-0.3, -0.25) is 0 Å². The van der Waals surface area contributed by atoms with E-state index in [4.69, 9.17) is 0 Å². The molecule has 90 valence electrons. The van der Waals surface area contributed by atoms with Crippen LogP contribution in [0, 0.1) is 9.52 Å². The maximum atomic E-state index is 13.0. The molecule has 0 aliphatic rings. The highest BCUT2D eigenvalue weighted by Gasteiger charge is 2.35. The fraction of sp³-hybridized carbons (Fsp3) is 0.286. The largest absolute Gasteiger partial charge is 0.574 e. The Kier molecular flexibility index (Phi) is 3.86. The molecule has 0 aliphatic heterocycles. The molecule has 1 heterocycles. The number of nitrogens with zero attached hydrogens (tertiary/aromatic N) is 1. The Labute approximate surface area is 98.7 Å². The third kappa shape index (κ3) is 3.39. The second-order valence-electron chi connectivity index (χ2n) is 2.49. The Morgan fingerprint density at radius 3 is 2.31 bits per heavy atom. The summed E-state index contributed by atoms with van der Waals surface area (Å²) in [4.78, 5) is 3.07. The molecule has 16 heavy (non-hydrogen) atoms. The molecule has 0 spiro atoms. The molecule has 0 atom stereocenters. The lowest BCUT2D eigenvalue weighted by molar-refractivity contribution is -0.276. The Bertz CT molecular complexity index is 393. The van der Waals surface area contributed by atoms with Crippen LogP contribution in [-0.2, 0) is 0 Å². The van der Waals surface area contributed by atoms with Crippen LogP contribution in [0.25, 0.3) is 0 Å². The van der Waals surface area contributed by atoms with Crippen molar-refractivity contribution in [2.75, 3.05) is 0 Å². The van der Waals surface area contributed by atoms with Gasteiger partial charge in [0.05, 0.1) is 0 Å². The quantitative estimate of drug-likeness (QED) is 0.458. The van der Waals surface area contributed by atoms with Gasteiger partial charge in [0, 0.05) is 6.07 Å². The first-order valence-corrected chi connectivity index (χ1v) is 4.68. The van der Waals surface area contributed by atoms with Crippen molar-refractivity contribution in [3.05, 3.63) is 21.1 Å². The molecule has 0 saturated carbocycles. The van der Waals surface area contributed by atoms with Crippen molar-refractivity contribution in [2.45, 2.75) is 12.8 Å². The molecule has 0 N–H and O–H groups in total. The highest BCUT2D eigenvalue weighted by molar-refractivity contribution is 14.1. The van der Waals surface area contributed by atoms with Crippen molar-refractivity contribution in [1.82, 2.24) is 4.98 Å². The zero-order chi connectivity index (χ0) is 12.5. The van der Waals surface area contributed by atoms with Crippen molar-refractivity contribution in [3.8, 4) is 5.88 Å². The van der Waals surface area contributed by atoms with Gasteiger partial charge in [0.25, 0.3) is 6.43 Å². The zero-order valence-electron chi connectivity index (χ0n) is 7.16. The van der Waals surface area contributed by atoms with Crippen molar-refractivity contribution < 1.29 is 31.1 Å². The first-order valence-electron chi connectivity index (χ1n) is 3.60. The molecule has 0 aliphatic carbocycles. The number of rotatable bonds is 2. The maximum absolute atomic E-state index is 13.0. The number of halogens is 7. The van der Waals surface area contributed by atoms with E-state index < -0.39 is 30.0 Å². The highest BCUT2D eigenvalue weighted by Crippen LogP contribution is 2.33. The first kappa shape index (κ1) is 13.3. The van der Waals surface area contributed by atoms with E-state index in [1.807, 2.05) is 0 Å². The number of ether oxygens (including phenoxy) is 1. The van der Waals surface area contributed by atoms with E-state index in [1.54, 1.807) is 0 Å². The summed E-state index contributed by atoms with van der Waals surface area (Å²) in [7, 11) is 0. The van der Waals surface area contributed by atoms with E-state index in [9.17, 15) is 26.3 Å². The van der Waals surface area contributed by atoms with E-state index >= 15 is 0 Å². The van der Waals surface area contributed by atoms with E-state index in [2.05, 4.69) is 9.72 Å². The first-order chi connectivity index (χ1) is 7.20. The summed E-state index contributed by atoms with van der Waals surface area (Å²) in [6.45, 7) is 0. The van der Waals surface area contributed by atoms with Crippen molar-refractivity contribution >= 4 is 22.6 Å². The zero-order valence-corrected chi connectivity index (χ0v) is 9.31. The smallest absolute Gasteiger partial charge is 0.387 e. The minimum absolute atomic E-state index is 0.223. The predicted molar refractivity (Wildman–Crippen MR) is 48.6 cm³/mol. The molecule has 0 unspecified atom stereocenters. The molecule has 1 aromatic heterocycles. The summed E-state index contributed by atoms with van der Waals surface area (Å²) < 4.78 is 75.9. The van der Waals surface area contributed by atoms with Crippen LogP contribution in [0.4, 0.5) is 26.3 Å².